The van der Waals surface area contributed by atoms with Crippen LogP contribution in [-0.2, 0) is 24.7 Å². The molecule has 0 aliphatic carbocycles. The van der Waals surface area contributed by atoms with E-state index in [1.807, 2.05) is 0 Å². The number of sulfone groups is 1. The molecule has 0 spiro atoms. The van der Waals surface area contributed by atoms with Crippen LogP contribution in [0.2, 0.25) is 0 Å². The number of carboxylic acids is 2. The second kappa shape index (κ2) is 24.0. The van der Waals surface area contributed by atoms with E-state index in [1.54, 1.807) is 7.05 Å². The van der Waals surface area contributed by atoms with Gasteiger partial charge in [0.25, 0.3) is 0 Å². The van der Waals surface area contributed by atoms with Gasteiger partial charge in [-0.05, 0) is 47.3 Å². The van der Waals surface area contributed by atoms with Gasteiger partial charge in [-0.15, -0.1) is 0 Å². The summed E-state index contributed by atoms with van der Waals surface area (Å²) in [5.74, 6) is -3.71. The number of carbonyl (C=O) groups is 3. The van der Waals surface area contributed by atoms with Crippen LogP contribution >= 0.6 is 0 Å². The van der Waals surface area contributed by atoms with Gasteiger partial charge in [0.1, 0.15) is 6.29 Å². The molecule has 17 nitrogen and oxygen atoms in total. The van der Waals surface area contributed by atoms with Crippen LogP contribution in [0.4, 0.5) is 37.7 Å². The van der Waals surface area contributed by atoms with Crippen molar-refractivity contribution >= 4 is 83.0 Å². The van der Waals surface area contributed by atoms with Crippen LogP contribution in [0.5, 0.6) is 0 Å². The van der Waals surface area contributed by atoms with Gasteiger partial charge < -0.3 is 57.2 Å². The standard InChI is InChI=1S/C11H13BF3NO6S.C8H10BNO4.C3H4F3NO3S.CN.B.Na/c1-16(2-3-23(21,22)11(13,14)15)9-5-7(10(17)18)4-8(6-9)12(19)20;1-10-7-3-5(8(11)12)2-6(4-7)9(13)14;4-3(5,6)11(9,10)7-1-2-8;1-2;;/h4-6,19-20H,2-3H2,1H3,(H,17,18);2-4,10,13-14H,1H3,(H,11,12);2,7H,1H2;;;/q;;;-1;;+1. The minimum absolute atomic E-state index is 0. The Kier molecular flexibility index (Phi) is 25.6. The van der Waals surface area contributed by atoms with Gasteiger partial charge in [0.15, 0.2) is 0 Å². The number of rotatable bonds is 12. The number of anilines is 2. The molecular formula is C23H27B3F6N4NaO13S2. The number of nitrogens with zero attached hydrogens (tertiary/aromatic N) is 2. The van der Waals surface area contributed by atoms with E-state index in [2.05, 4.69) is 5.32 Å². The Morgan fingerprint density at radius 3 is 1.62 bits per heavy atom. The molecule has 0 aliphatic heterocycles. The number of nitrogens with one attached hydrogen (secondary N) is 2. The molecule has 2 rings (SSSR count). The van der Waals surface area contributed by atoms with Crippen LogP contribution in [0.1, 0.15) is 20.7 Å². The molecule has 29 heteroatoms. The van der Waals surface area contributed by atoms with Crippen LogP contribution in [-0.4, -0.2) is 132 Å². The van der Waals surface area contributed by atoms with Crippen molar-refractivity contribution in [2.24, 2.45) is 0 Å². The number of carboxylic acid groups (broad SMARTS) is 2. The van der Waals surface area contributed by atoms with Gasteiger partial charge >= 0.3 is 76.8 Å². The molecule has 0 saturated carbocycles. The summed E-state index contributed by atoms with van der Waals surface area (Å²) in [6, 6.07) is 7.29. The summed E-state index contributed by atoms with van der Waals surface area (Å²) in [5.41, 5.74) is -10.5. The molecule has 52 heavy (non-hydrogen) atoms. The van der Waals surface area contributed by atoms with E-state index in [9.17, 15) is 57.6 Å². The Bertz CT molecular complexity index is 1700. The maximum atomic E-state index is 12.3. The molecule has 281 valence electrons. The van der Waals surface area contributed by atoms with Gasteiger partial charge in [0.2, 0.25) is 9.84 Å². The van der Waals surface area contributed by atoms with Gasteiger partial charge in [0.05, 0.1) is 23.4 Å². The second-order valence-corrected chi connectivity index (χ2v) is 12.8. The third-order valence-electron chi connectivity index (χ3n) is 5.42. The van der Waals surface area contributed by atoms with Gasteiger partial charge in [-0.1, -0.05) is 0 Å². The average Bonchev–Trinajstić information content (AvgIpc) is 3.02. The van der Waals surface area contributed by atoms with Crippen molar-refractivity contribution in [2.45, 2.75) is 11.0 Å². The summed E-state index contributed by atoms with van der Waals surface area (Å²) < 4.78 is 114. The normalized spacial score (nSPS) is 10.7. The number of sulfonamides is 1. The first-order valence-electron chi connectivity index (χ1n) is 12.6. The van der Waals surface area contributed by atoms with Crippen molar-refractivity contribution in [3.63, 3.8) is 0 Å². The second-order valence-electron chi connectivity index (χ2n) is 8.92. The Morgan fingerprint density at radius 1 is 0.846 bits per heavy atom. The van der Waals surface area contributed by atoms with Crippen molar-refractivity contribution in [3.8, 4) is 0 Å². The summed E-state index contributed by atoms with van der Waals surface area (Å²) in [4.78, 5) is 32.2. The molecular weight excluding hydrogens is 774 g/mol. The summed E-state index contributed by atoms with van der Waals surface area (Å²) in [6.45, 7) is 3.31. The van der Waals surface area contributed by atoms with E-state index >= 15 is 0 Å². The van der Waals surface area contributed by atoms with Gasteiger partial charge in [-0.2, -0.15) is 26.3 Å². The van der Waals surface area contributed by atoms with Gasteiger partial charge in [-0.3, -0.25) is 0 Å². The third-order valence-corrected chi connectivity index (χ3v) is 8.01. The van der Waals surface area contributed by atoms with E-state index in [1.165, 1.54) is 25.2 Å². The Morgan fingerprint density at radius 2 is 1.27 bits per heavy atom. The SMILES string of the molecule is CN(CCS(=O)(=O)C(F)(F)F)c1cc(B(O)O)cc(C(=O)O)c1.CNc1cc(B(O)O)cc(C(=O)O)c1.O=CCNS(=O)(=O)C(F)(F)F.[B].[C-]#N.[Na+]. The van der Waals surface area contributed by atoms with Crippen LogP contribution in [0.15, 0.2) is 36.4 Å². The van der Waals surface area contributed by atoms with Crippen molar-refractivity contribution in [2.75, 3.05) is 43.2 Å². The molecule has 0 unspecified atom stereocenters. The molecule has 0 aliphatic rings. The van der Waals surface area contributed by atoms with E-state index in [0.29, 0.717) is 5.69 Å². The van der Waals surface area contributed by atoms with Crippen LogP contribution < -0.4 is 55.4 Å². The molecule has 2 aromatic rings. The number of hydrogen-bond donors (Lipinski definition) is 8. The predicted octanol–water partition coefficient (Wildman–Crippen LogP) is -5.11. The molecule has 0 saturated heterocycles. The van der Waals surface area contributed by atoms with E-state index in [4.69, 9.17) is 42.1 Å². The fraction of sp³-hybridized carbons (Fsp3) is 0.304. The summed E-state index contributed by atoms with van der Waals surface area (Å²) in [6.07, 6.45) is 0.0172. The van der Waals surface area contributed by atoms with Crippen LogP contribution in [0.3, 0.4) is 0 Å². The number of alkyl halides is 6. The topological polar surface area (TPSA) is 292 Å². The minimum atomic E-state index is -5.37. The van der Waals surface area contributed by atoms with E-state index < -0.39 is 75.9 Å². The molecule has 0 heterocycles. The van der Waals surface area contributed by atoms with Crippen LogP contribution in [0, 0.1) is 11.8 Å². The smallest absolute Gasteiger partial charge is 0.512 e. The number of halogens is 6. The molecule has 0 aromatic heterocycles. The zero-order valence-electron chi connectivity index (χ0n) is 26.9. The molecule has 8 N–H and O–H groups in total. The average molecular weight is 801 g/mol. The third kappa shape index (κ3) is 18.9. The maximum absolute atomic E-state index is 12.3. The van der Waals surface area contributed by atoms with Crippen molar-refractivity contribution < 1.29 is 117 Å². The fourth-order valence-corrected chi connectivity index (χ4v) is 4.12. The monoisotopic (exact) mass is 801 g/mol. The van der Waals surface area contributed by atoms with Crippen molar-refractivity contribution in [1.82, 2.24) is 4.72 Å². The Hall–Kier alpha value is -3.39. The zero-order valence-corrected chi connectivity index (χ0v) is 30.5. The first kappa shape index (κ1) is 55.4. The summed E-state index contributed by atoms with van der Waals surface area (Å²) in [7, 11) is -11.4. The largest absolute Gasteiger partial charge is 1.00 e. The Labute approximate surface area is 317 Å². The summed E-state index contributed by atoms with van der Waals surface area (Å²) >= 11 is 0. The molecule has 0 amide bonds. The quantitative estimate of drug-likeness (QED) is 0.0431. The molecule has 0 bridgehead atoms. The summed E-state index contributed by atoms with van der Waals surface area (Å²) in [5, 5.41) is 62.6. The van der Waals surface area contributed by atoms with Crippen molar-refractivity contribution in [3.05, 3.63) is 54.1 Å². The number of aromatic carboxylic acids is 2. The maximum Gasteiger partial charge on any atom is 1.00 e. The number of carbonyl (C=O) groups excluding carboxylic acids is 1. The first-order chi connectivity index (χ1) is 22.7. The van der Waals surface area contributed by atoms with Crippen molar-refractivity contribution in [1.29, 1.82) is 5.26 Å². The van der Waals surface area contributed by atoms with E-state index in [-0.39, 0.29) is 72.0 Å². The fourth-order valence-electron chi connectivity index (χ4n) is 2.92. The van der Waals surface area contributed by atoms with Gasteiger partial charge in [-0.25, -0.2) is 31.1 Å². The molecule has 3 radical (unpaired) electrons. The predicted molar refractivity (Wildman–Crippen MR) is 169 cm³/mol. The first-order valence-corrected chi connectivity index (χ1v) is 15.7. The minimum Gasteiger partial charge on any atom is -0.512 e. The Balaban J connectivity index is -0.000000342. The number of hydrogen-bond acceptors (Lipinski definition) is 14. The number of benzene rings is 2. The van der Waals surface area contributed by atoms with E-state index in [0.717, 1.165) is 27.8 Å². The molecule has 2 aromatic carbocycles. The number of aldehydes is 1. The molecule has 0 fully saturated rings. The van der Waals surface area contributed by atoms with Gasteiger partial charge in [0, 0.05) is 40.4 Å². The zero-order chi connectivity index (χ0) is 39.8. The van der Waals surface area contributed by atoms with Crippen LogP contribution in [0.25, 0.3) is 0 Å². The molecule has 0 atom stereocenters.